The second kappa shape index (κ2) is 6.57. The van der Waals surface area contributed by atoms with Gasteiger partial charge in [0.05, 0.1) is 5.69 Å². The SMILES string of the molecule is Cc1ccccc1OCCN(C)Cc1c(C)noc1C. The van der Waals surface area contributed by atoms with Gasteiger partial charge >= 0.3 is 0 Å². The number of rotatable bonds is 6. The third-order valence-corrected chi connectivity index (χ3v) is 3.43. The number of aryl methyl sites for hydroxylation is 3. The summed E-state index contributed by atoms with van der Waals surface area (Å²) in [6.45, 7) is 8.35. The highest BCUT2D eigenvalue weighted by Gasteiger charge is 2.11. The number of para-hydroxylation sites is 1. The van der Waals surface area contributed by atoms with Gasteiger partial charge in [0, 0.05) is 18.7 Å². The van der Waals surface area contributed by atoms with Crippen LogP contribution in [-0.4, -0.2) is 30.3 Å². The van der Waals surface area contributed by atoms with Gasteiger partial charge in [-0.1, -0.05) is 23.4 Å². The first-order chi connectivity index (χ1) is 9.58. The molecule has 0 fully saturated rings. The van der Waals surface area contributed by atoms with E-state index in [-0.39, 0.29) is 0 Å². The fraction of sp³-hybridized carbons (Fsp3) is 0.438. The van der Waals surface area contributed by atoms with Crippen LogP contribution in [0, 0.1) is 20.8 Å². The Balaban J connectivity index is 1.81. The minimum absolute atomic E-state index is 0.671. The molecule has 0 aliphatic heterocycles. The summed E-state index contributed by atoms with van der Waals surface area (Å²) in [5.74, 6) is 1.85. The van der Waals surface area contributed by atoms with E-state index in [1.807, 2.05) is 32.0 Å². The summed E-state index contributed by atoms with van der Waals surface area (Å²) >= 11 is 0. The maximum atomic E-state index is 5.81. The molecule has 0 atom stereocenters. The van der Waals surface area contributed by atoms with Crippen LogP contribution in [0.1, 0.15) is 22.6 Å². The van der Waals surface area contributed by atoms with Crippen molar-refractivity contribution in [3.05, 3.63) is 46.8 Å². The summed E-state index contributed by atoms with van der Waals surface area (Å²) in [6, 6.07) is 8.08. The van der Waals surface area contributed by atoms with Crippen molar-refractivity contribution in [1.29, 1.82) is 0 Å². The van der Waals surface area contributed by atoms with Crippen molar-refractivity contribution < 1.29 is 9.26 Å². The van der Waals surface area contributed by atoms with E-state index in [0.29, 0.717) is 6.61 Å². The van der Waals surface area contributed by atoms with Crippen LogP contribution in [-0.2, 0) is 6.54 Å². The second-order valence-electron chi connectivity index (χ2n) is 5.15. The first-order valence-electron chi connectivity index (χ1n) is 6.86. The topological polar surface area (TPSA) is 38.5 Å². The van der Waals surface area contributed by atoms with Gasteiger partial charge in [-0.3, -0.25) is 4.90 Å². The largest absolute Gasteiger partial charge is 0.492 e. The Bertz CT molecular complexity index is 544. The molecule has 0 N–H and O–H groups in total. The lowest BCUT2D eigenvalue weighted by Crippen LogP contribution is -2.24. The van der Waals surface area contributed by atoms with Crippen molar-refractivity contribution in [3.63, 3.8) is 0 Å². The van der Waals surface area contributed by atoms with Crippen LogP contribution in [0.25, 0.3) is 0 Å². The van der Waals surface area contributed by atoms with Crippen LogP contribution in [0.2, 0.25) is 0 Å². The number of hydrogen-bond donors (Lipinski definition) is 0. The summed E-state index contributed by atoms with van der Waals surface area (Å²) < 4.78 is 11.0. The number of ether oxygens (including phenoxy) is 1. The molecule has 20 heavy (non-hydrogen) atoms. The predicted octanol–water partition coefficient (Wildman–Crippen LogP) is 3.11. The minimum Gasteiger partial charge on any atom is -0.492 e. The molecule has 0 amide bonds. The highest BCUT2D eigenvalue weighted by Crippen LogP contribution is 2.17. The third-order valence-electron chi connectivity index (χ3n) is 3.43. The normalized spacial score (nSPS) is 11.1. The zero-order chi connectivity index (χ0) is 14.5. The first kappa shape index (κ1) is 14.6. The van der Waals surface area contributed by atoms with Crippen LogP contribution >= 0.6 is 0 Å². The van der Waals surface area contributed by atoms with Gasteiger partial charge in [-0.25, -0.2) is 0 Å². The van der Waals surface area contributed by atoms with E-state index >= 15 is 0 Å². The van der Waals surface area contributed by atoms with Crippen molar-refractivity contribution in [1.82, 2.24) is 10.1 Å². The van der Waals surface area contributed by atoms with E-state index in [9.17, 15) is 0 Å². The molecule has 0 unspecified atom stereocenters. The average Bonchev–Trinajstić information content (AvgIpc) is 2.73. The Morgan fingerprint density at radius 1 is 1.20 bits per heavy atom. The highest BCUT2D eigenvalue weighted by molar-refractivity contribution is 5.31. The van der Waals surface area contributed by atoms with E-state index in [1.54, 1.807) is 0 Å². The number of benzene rings is 1. The smallest absolute Gasteiger partial charge is 0.138 e. The summed E-state index contributed by atoms with van der Waals surface area (Å²) in [5, 5.41) is 3.98. The van der Waals surface area contributed by atoms with Crippen molar-refractivity contribution in [2.75, 3.05) is 20.2 Å². The van der Waals surface area contributed by atoms with Gasteiger partial charge in [0.1, 0.15) is 18.1 Å². The van der Waals surface area contributed by atoms with Gasteiger partial charge in [-0.15, -0.1) is 0 Å². The zero-order valence-corrected chi connectivity index (χ0v) is 12.6. The number of likely N-dealkylation sites (N-methyl/N-ethyl adjacent to an activating group) is 1. The molecule has 0 saturated heterocycles. The molecule has 0 saturated carbocycles. The number of hydrogen-bond acceptors (Lipinski definition) is 4. The van der Waals surface area contributed by atoms with Crippen LogP contribution in [0.4, 0.5) is 0 Å². The third kappa shape index (κ3) is 3.61. The summed E-state index contributed by atoms with van der Waals surface area (Å²) in [5.41, 5.74) is 3.30. The monoisotopic (exact) mass is 274 g/mol. The first-order valence-corrected chi connectivity index (χ1v) is 6.86. The van der Waals surface area contributed by atoms with Crippen LogP contribution in [0.5, 0.6) is 5.75 Å². The second-order valence-corrected chi connectivity index (χ2v) is 5.15. The van der Waals surface area contributed by atoms with Gasteiger partial charge in [-0.05, 0) is 39.4 Å². The van der Waals surface area contributed by atoms with Gasteiger partial charge in [0.2, 0.25) is 0 Å². The molecule has 108 valence electrons. The Morgan fingerprint density at radius 2 is 1.95 bits per heavy atom. The molecule has 0 aliphatic carbocycles. The molecular formula is C16H22N2O2. The summed E-state index contributed by atoms with van der Waals surface area (Å²) in [7, 11) is 2.08. The fourth-order valence-corrected chi connectivity index (χ4v) is 2.11. The van der Waals surface area contributed by atoms with Crippen molar-refractivity contribution >= 4 is 0 Å². The molecule has 0 aliphatic rings. The minimum atomic E-state index is 0.671. The van der Waals surface area contributed by atoms with E-state index < -0.39 is 0 Å². The van der Waals surface area contributed by atoms with E-state index in [0.717, 1.165) is 30.3 Å². The van der Waals surface area contributed by atoms with Gasteiger partial charge < -0.3 is 9.26 Å². The van der Waals surface area contributed by atoms with Gasteiger partial charge in [-0.2, -0.15) is 0 Å². The molecule has 4 nitrogen and oxygen atoms in total. The van der Waals surface area contributed by atoms with E-state index in [1.165, 1.54) is 11.1 Å². The van der Waals surface area contributed by atoms with Gasteiger partial charge in [0.25, 0.3) is 0 Å². The molecular weight excluding hydrogens is 252 g/mol. The zero-order valence-electron chi connectivity index (χ0n) is 12.6. The summed E-state index contributed by atoms with van der Waals surface area (Å²) in [4.78, 5) is 2.21. The maximum Gasteiger partial charge on any atom is 0.138 e. The van der Waals surface area contributed by atoms with Crippen LogP contribution in [0.3, 0.4) is 0 Å². The lowest BCUT2D eigenvalue weighted by atomic mass is 10.2. The fourth-order valence-electron chi connectivity index (χ4n) is 2.11. The Labute approximate surface area is 120 Å². The molecule has 2 rings (SSSR count). The van der Waals surface area contributed by atoms with Crippen molar-refractivity contribution in [3.8, 4) is 5.75 Å². The quantitative estimate of drug-likeness (QED) is 0.811. The van der Waals surface area contributed by atoms with Crippen molar-refractivity contribution in [2.45, 2.75) is 27.3 Å². The molecule has 0 bridgehead atoms. The molecule has 1 aromatic heterocycles. The molecule has 1 heterocycles. The molecule has 1 aromatic carbocycles. The van der Waals surface area contributed by atoms with Crippen LogP contribution in [0.15, 0.2) is 28.8 Å². The summed E-state index contributed by atoms with van der Waals surface area (Å²) in [6.07, 6.45) is 0. The molecule has 0 radical (unpaired) electrons. The molecule has 0 spiro atoms. The lowest BCUT2D eigenvalue weighted by molar-refractivity contribution is 0.231. The molecule has 2 aromatic rings. The average molecular weight is 274 g/mol. The maximum absolute atomic E-state index is 5.81. The Morgan fingerprint density at radius 3 is 2.60 bits per heavy atom. The van der Waals surface area contributed by atoms with E-state index in [2.05, 4.69) is 30.1 Å². The standard InChI is InChI=1S/C16H22N2O2/c1-12-7-5-6-8-16(12)19-10-9-18(4)11-15-13(2)17-20-14(15)3/h5-8H,9-11H2,1-4H3. The Kier molecular flexibility index (Phi) is 4.79. The number of aromatic nitrogens is 1. The van der Waals surface area contributed by atoms with Crippen molar-refractivity contribution in [2.24, 2.45) is 0 Å². The number of nitrogens with zero attached hydrogens (tertiary/aromatic N) is 2. The van der Waals surface area contributed by atoms with Crippen LogP contribution < -0.4 is 4.74 Å². The highest BCUT2D eigenvalue weighted by atomic mass is 16.5. The van der Waals surface area contributed by atoms with E-state index in [4.69, 9.17) is 9.26 Å². The Hall–Kier alpha value is -1.81. The predicted molar refractivity (Wildman–Crippen MR) is 79.0 cm³/mol. The molecule has 4 heteroatoms. The van der Waals surface area contributed by atoms with Gasteiger partial charge in [0.15, 0.2) is 0 Å². The lowest BCUT2D eigenvalue weighted by Gasteiger charge is -2.17.